The Morgan fingerprint density at radius 2 is 2.08 bits per heavy atom. The van der Waals surface area contributed by atoms with Gasteiger partial charge >= 0.3 is 5.97 Å². The summed E-state index contributed by atoms with van der Waals surface area (Å²) in [4.78, 5) is 22.5. The molecule has 3 aromatic rings. The Balaban J connectivity index is 1.48. The highest BCUT2D eigenvalue weighted by atomic mass is 19.1. The van der Waals surface area contributed by atoms with Crippen LogP contribution in [0.5, 0.6) is 0 Å². The number of ether oxygens (including phenoxy) is 1. The molecule has 0 spiro atoms. The Kier molecular flexibility index (Phi) is 4.01. The number of carbonyl (C=O) groups is 1. The van der Waals surface area contributed by atoms with E-state index in [1.807, 2.05) is 6.07 Å². The molecule has 1 saturated heterocycles. The number of anilines is 1. The summed E-state index contributed by atoms with van der Waals surface area (Å²) in [6, 6.07) is 7.27. The third kappa shape index (κ3) is 3.02. The monoisotopic (exact) mass is 341 g/mol. The second-order valence-corrected chi connectivity index (χ2v) is 5.87. The quantitative estimate of drug-likeness (QED) is 0.677. The summed E-state index contributed by atoms with van der Waals surface area (Å²) < 4.78 is 20.1. The Labute approximate surface area is 143 Å². The molecule has 0 N–H and O–H groups in total. The van der Waals surface area contributed by atoms with Crippen molar-refractivity contribution in [3.8, 4) is 0 Å². The highest BCUT2D eigenvalue weighted by Gasteiger charge is 2.28. The lowest BCUT2D eigenvalue weighted by molar-refractivity contribution is 0.0482. The van der Waals surface area contributed by atoms with Crippen LogP contribution >= 0.6 is 0 Å². The number of hydrogen-bond donors (Lipinski definition) is 0. The van der Waals surface area contributed by atoms with Gasteiger partial charge in [-0.05, 0) is 43.2 Å². The molecular formula is C17H16FN5O2. The molecule has 8 heteroatoms. The normalized spacial score (nSPS) is 17.2. The first-order valence-electron chi connectivity index (χ1n) is 8.06. The van der Waals surface area contributed by atoms with E-state index < -0.39 is 5.97 Å². The molecule has 2 aromatic heterocycles. The molecule has 1 atom stereocenters. The summed E-state index contributed by atoms with van der Waals surface area (Å²) in [6.45, 7) is 1.10. The van der Waals surface area contributed by atoms with Gasteiger partial charge in [0.25, 0.3) is 5.78 Å². The van der Waals surface area contributed by atoms with Gasteiger partial charge < -0.3 is 9.64 Å². The molecule has 25 heavy (non-hydrogen) atoms. The van der Waals surface area contributed by atoms with Gasteiger partial charge in [-0.1, -0.05) is 0 Å². The fourth-order valence-corrected chi connectivity index (χ4v) is 3.10. The highest BCUT2D eigenvalue weighted by molar-refractivity contribution is 5.89. The number of halogens is 1. The second-order valence-electron chi connectivity index (χ2n) is 5.87. The lowest BCUT2D eigenvalue weighted by atomic mass is 10.2. The van der Waals surface area contributed by atoms with Gasteiger partial charge in [-0.3, -0.25) is 0 Å². The lowest BCUT2D eigenvalue weighted by Crippen LogP contribution is -2.35. The minimum atomic E-state index is -0.451. The number of benzene rings is 1. The van der Waals surface area contributed by atoms with E-state index in [0.717, 1.165) is 25.2 Å². The summed E-state index contributed by atoms with van der Waals surface area (Å²) in [5.41, 5.74) is 0.341. The number of aromatic nitrogens is 4. The van der Waals surface area contributed by atoms with E-state index in [-0.39, 0.29) is 18.5 Å². The molecule has 0 saturated carbocycles. The average Bonchev–Trinajstić information content (AvgIpc) is 3.29. The number of hydrogen-bond acceptors (Lipinski definition) is 6. The van der Waals surface area contributed by atoms with Crippen molar-refractivity contribution in [1.29, 1.82) is 0 Å². The van der Waals surface area contributed by atoms with Crippen molar-refractivity contribution in [2.75, 3.05) is 18.1 Å². The summed E-state index contributed by atoms with van der Waals surface area (Å²) in [5, 5.41) is 4.21. The number of nitrogens with zero attached hydrogens (tertiary/aromatic N) is 5. The van der Waals surface area contributed by atoms with Crippen molar-refractivity contribution in [1.82, 2.24) is 19.6 Å². The molecular weight excluding hydrogens is 325 g/mol. The largest absolute Gasteiger partial charge is 0.460 e. The van der Waals surface area contributed by atoms with E-state index >= 15 is 0 Å². The van der Waals surface area contributed by atoms with Crippen LogP contribution < -0.4 is 4.90 Å². The van der Waals surface area contributed by atoms with Crippen molar-refractivity contribution >= 4 is 17.6 Å². The van der Waals surface area contributed by atoms with Gasteiger partial charge in [-0.15, -0.1) is 0 Å². The minimum absolute atomic E-state index is 0.0548. The standard InChI is InChI=1S/C17H16FN5O2/c18-13-5-3-12(4-6-13)16(24)25-10-14-2-1-9-22(14)15-7-8-19-17-20-11-21-23(15)17/h3-8,11,14H,1-2,9-10H2. The van der Waals surface area contributed by atoms with Gasteiger partial charge in [0, 0.05) is 12.7 Å². The maximum atomic E-state index is 12.9. The molecule has 1 unspecified atom stereocenters. The summed E-state index contributed by atoms with van der Waals surface area (Å²) in [5.74, 6) is 0.579. The zero-order valence-electron chi connectivity index (χ0n) is 13.4. The van der Waals surface area contributed by atoms with E-state index in [1.165, 1.54) is 30.6 Å². The van der Waals surface area contributed by atoms with Crippen LogP contribution in [0.15, 0.2) is 42.9 Å². The van der Waals surface area contributed by atoms with Crippen LogP contribution in [0.2, 0.25) is 0 Å². The molecule has 1 fully saturated rings. The Morgan fingerprint density at radius 3 is 2.92 bits per heavy atom. The molecule has 3 heterocycles. The van der Waals surface area contributed by atoms with Gasteiger partial charge in [-0.2, -0.15) is 14.6 Å². The minimum Gasteiger partial charge on any atom is -0.460 e. The fourth-order valence-electron chi connectivity index (χ4n) is 3.10. The smallest absolute Gasteiger partial charge is 0.338 e. The van der Waals surface area contributed by atoms with Crippen LogP contribution in [0.3, 0.4) is 0 Å². The number of esters is 1. The molecule has 7 nitrogen and oxygen atoms in total. The number of carbonyl (C=O) groups excluding carboxylic acids is 1. The number of rotatable bonds is 4. The van der Waals surface area contributed by atoms with E-state index in [4.69, 9.17) is 4.74 Å². The average molecular weight is 341 g/mol. The van der Waals surface area contributed by atoms with Gasteiger partial charge in [0.1, 0.15) is 24.6 Å². The van der Waals surface area contributed by atoms with Crippen molar-refractivity contribution in [2.45, 2.75) is 18.9 Å². The zero-order chi connectivity index (χ0) is 17.2. The number of fused-ring (bicyclic) bond motifs is 1. The third-order valence-electron chi connectivity index (χ3n) is 4.32. The second kappa shape index (κ2) is 6.46. The van der Waals surface area contributed by atoms with Crippen LogP contribution in [0, 0.1) is 5.82 Å². The topological polar surface area (TPSA) is 72.6 Å². The lowest BCUT2D eigenvalue weighted by Gasteiger charge is -2.26. The van der Waals surface area contributed by atoms with Gasteiger partial charge in [0.2, 0.25) is 0 Å². The molecule has 0 amide bonds. The van der Waals surface area contributed by atoms with Gasteiger partial charge in [0.05, 0.1) is 11.6 Å². The predicted molar refractivity (Wildman–Crippen MR) is 87.8 cm³/mol. The van der Waals surface area contributed by atoms with Crippen molar-refractivity contribution in [2.24, 2.45) is 0 Å². The fraction of sp³-hybridized carbons (Fsp3) is 0.294. The van der Waals surface area contributed by atoms with Crippen molar-refractivity contribution < 1.29 is 13.9 Å². The molecule has 0 radical (unpaired) electrons. The maximum Gasteiger partial charge on any atom is 0.338 e. The molecule has 1 aliphatic heterocycles. The summed E-state index contributed by atoms with van der Waals surface area (Å²) in [6.07, 6.45) is 5.07. The maximum absolute atomic E-state index is 12.9. The molecule has 4 rings (SSSR count). The molecule has 1 aromatic carbocycles. The van der Waals surface area contributed by atoms with E-state index in [1.54, 1.807) is 10.7 Å². The van der Waals surface area contributed by atoms with Crippen LogP contribution in [0.4, 0.5) is 10.2 Å². The first-order valence-corrected chi connectivity index (χ1v) is 8.06. The Bertz CT molecular complexity index is 895. The Hall–Kier alpha value is -3.03. The third-order valence-corrected chi connectivity index (χ3v) is 4.32. The van der Waals surface area contributed by atoms with Crippen LogP contribution in [0.25, 0.3) is 5.78 Å². The van der Waals surface area contributed by atoms with Crippen LogP contribution in [-0.4, -0.2) is 44.7 Å². The van der Waals surface area contributed by atoms with Gasteiger partial charge in [-0.25, -0.2) is 14.2 Å². The summed E-state index contributed by atoms with van der Waals surface area (Å²) in [7, 11) is 0. The molecule has 1 aliphatic rings. The van der Waals surface area contributed by atoms with Gasteiger partial charge in [0.15, 0.2) is 0 Å². The van der Waals surface area contributed by atoms with Crippen molar-refractivity contribution in [3.05, 3.63) is 54.2 Å². The highest BCUT2D eigenvalue weighted by Crippen LogP contribution is 2.25. The molecule has 0 bridgehead atoms. The van der Waals surface area contributed by atoms with Crippen molar-refractivity contribution in [3.63, 3.8) is 0 Å². The Morgan fingerprint density at radius 1 is 1.24 bits per heavy atom. The van der Waals surface area contributed by atoms with E-state index in [2.05, 4.69) is 20.0 Å². The van der Waals surface area contributed by atoms with Crippen LogP contribution in [0.1, 0.15) is 23.2 Å². The van der Waals surface area contributed by atoms with E-state index in [0.29, 0.717) is 11.3 Å². The zero-order valence-corrected chi connectivity index (χ0v) is 13.4. The summed E-state index contributed by atoms with van der Waals surface area (Å²) >= 11 is 0. The molecule has 0 aliphatic carbocycles. The first kappa shape index (κ1) is 15.5. The SMILES string of the molecule is O=C(OCC1CCCN1c1ccnc2ncnn12)c1ccc(F)cc1. The molecule has 128 valence electrons. The van der Waals surface area contributed by atoms with Crippen LogP contribution in [-0.2, 0) is 4.74 Å². The first-order chi connectivity index (χ1) is 12.2. The van der Waals surface area contributed by atoms with E-state index in [9.17, 15) is 9.18 Å². The predicted octanol–water partition coefficient (Wildman–Crippen LogP) is 2.09.